The second-order valence-corrected chi connectivity index (χ2v) is 4.49. The topological polar surface area (TPSA) is 57.1 Å². The van der Waals surface area contributed by atoms with Crippen LogP contribution in [-0.4, -0.2) is 27.4 Å². The summed E-state index contributed by atoms with van der Waals surface area (Å²) in [6.45, 7) is 0.381. The van der Waals surface area contributed by atoms with Crippen LogP contribution in [0.15, 0.2) is 17.1 Å². The minimum Gasteiger partial charge on any atom is -0.496 e. The van der Waals surface area contributed by atoms with Gasteiger partial charge in [0.15, 0.2) is 0 Å². The monoisotopic (exact) mass is 263 g/mol. The third kappa shape index (κ3) is 2.35. The van der Waals surface area contributed by atoms with Crippen LogP contribution in [-0.2, 0) is 21.7 Å². The molecule has 1 fully saturated rings. The highest BCUT2D eigenvalue weighted by molar-refractivity contribution is 5.56. The summed E-state index contributed by atoms with van der Waals surface area (Å²) in [7, 11) is 4.82. The molecule has 19 heavy (non-hydrogen) atoms. The molecule has 0 aromatic heterocycles. The molecule has 0 radical (unpaired) electrons. The Morgan fingerprint density at radius 3 is 2.32 bits per heavy atom. The van der Waals surface area contributed by atoms with Gasteiger partial charge >= 0.3 is 0 Å². The number of nitrogens with zero attached hydrogens (tertiary/aromatic N) is 1. The average molecular weight is 263 g/mol. The molecule has 0 N–H and O–H groups in total. The van der Waals surface area contributed by atoms with E-state index in [1.165, 1.54) is 0 Å². The van der Waals surface area contributed by atoms with Crippen LogP contribution in [0.2, 0.25) is 0 Å². The largest absolute Gasteiger partial charge is 0.496 e. The Labute approximate surface area is 112 Å². The van der Waals surface area contributed by atoms with Gasteiger partial charge in [-0.15, -0.1) is 0 Å². The first-order valence-electron chi connectivity index (χ1n) is 6.04. The second-order valence-electron chi connectivity index (χ2n) is 4.49. The van der Waals surface area contributed by atoms with E-state index < -0.39 is 5.54 Å². The minimum absolute atomic E-state index is 0.381. The zero-order valence-electron chi connectivity index (χ0n) is 11.4. The maximum Gasteiger partial charge on any atom is 0.235 e. The molecule has 0 amide bonds. The van der Waals surface area contributed by atoms with Crippen molar-refractivity contribution in [1.82, 2.24) is 0 Å². The number of hydrogen-bond acceptors (Lipinski definition) is 5. The molecule has 1 saturated carbocycles. The third-order valence-electron chi connectivity index (χ3n) is 3.41. The number of carbonyl (C=O) groups excluding carboxylic acids is 1. The molecular weight excluding hydrogens is 246 g/mol. The Hall–Kier alpha value is -1.84. The van der Waals surface area contributed by atoms with Crippen LogP contribution in [0.25, 0.3) is 0 Å². The van der Waals surface area contributed by atoms with Crippen LogP contribution in [0.5, 0.6) is 11.5 Å². The smallest absolute Gasteiger partial charge is 0.235 e. The zero-order chi connectivity index (χ0) is 13.9. The van der Waals surface area contributed by atoms with Gasteiger partial charge in [0.25, 0.3) is 0 Å². The minimum atomic E-state index is -0.518. The molecule has 1 aliphatic rings. The summed E-state index contributed by atoms with van der Waals surface area (Å²) < 4.78 is 16.0. The average Bonchev–Trinajstić information content (AvgIpc) is 3.19. The Morgan fingerprint density at radius 1 is 1.21 bits per heavy atom. The molecule has 5 heteroatoms. The van der Waals surface area contributed by atoms with Crippen molar-refractivity contribution in [3.63, 3.8) is 0 Å². The predicted octanol–water partition coefficient (Wildman–Crippen LogP) is 2.18. The Kier molecular flexibility index (Phi) is 3.88. The second kappa shape index (κ2) is 5.43. The highest BCUT2D eigenvalue weighted by Gasteiger charge is 2.48. The summed E-state index contributed by atoms with van der Waals surface area (Å²) in [5.74, 6) is 1.41. The molecule has 102 valence electrons. The van der Waals surface area contributed by atoms with Crippen molar-refractivity contribution in [2.24, 2.45) is 4.99 Å². The van der Waals surface area contributed by atoms with Crippen molar-refractivity contribution in [3.05, 3.63) is 23.3 Å². The summed E-state index contributed by atoms with van der Waals surface area (Å²) in [4.78, 5) is 14.6. The quantitative estimate of drug-likeness (QED) is 0.583. The van der Waals surface area contributed by atoms with Gasteiger partial charge in [0.1, 0.15) is 17.0 Å². The fraction of sp³-hybridized carbons (Fsp3) is 0.500. The van der Waals surface area contributed by atoms with Crippen LogP contribution in [0, 0.1) is 0 Å². The molecule has 2 rings (SSSR count). The van der Waals surface area contributed by atoms with Crippen molar-refractivity contribution in [3.8, 4) is 11.5 Å². The van der Waals surface area contributed by atoms with E-state index in [0.717, 1.165) is 24.0 Å². The molecule has 0 bridgehead atoms. The van der Waals surface area contributed by atoms with Gasteiger partial charge in [-0.05, 0) is 25.0 Å². The molecule has 0 atom stereocenters. The van der Waals surface area contributed by atoms with Gasteiger partial charge in [0.2, 0.25) is 6.08 Å². The Morgan fingerprint density at radius 2 is 1.84 bits per heavy atom. The van der Waals surface area contributed by atoms with Gasteiger partial charge in [-0.25, -0.2) is 4.79 Å². The van der Waals surface area contributed by atoms with Gasteiger partial charge in [-0.1, -0.05) is 0 Å². The van der Waals surface area contributed by atoms with Crippen LogP contribution >= 0.6 is 0 Å². The van der Waals surface area contributed by atoms with E-state index in [9.17, 15) is 4.79 Å². The molecule has 0 heterocycles. The van der Waals surface area contributed by atoms with Gasteiger partial charge in [-0.3, -0.25) is 0 Å². The first kappa shape index (κ1) is 13.6. The van der Waals surface area contributed by atoms with Crippen molar-refractivity contribution < 1.29 is 19.0 Å². The number of methoxy groups -OCH3 is 3. The number of ether oxygens (including phenoxy) is 3. The molecular formula is C14H17NO4. The molecule has 1 aromatic rings. The van der Waals surface area contributed by atoms with Gasteiger partial charge < -0.3 is 14.2 Å². The Bertz CT molecular complexity index is 516. The number of hydrogen-bond donors (Lipinski definition) is 0. The number of isocyanates is 1. The molecule has 1 aliphatic carbocycles. The van der Waals surface area contributed by atoms with E-state index in [2.05, 4.69) is 4.99 Å². The lowest BCUT2D eigenvalue weighted by Gasteiger charge is -2.20. The number of rotatable bonds is 6. The first-order chi connectivity index (χ1) is 9.22. The number of benzene rings is 1. The lowest BCUT2D eigenvalue weighted by Crippen LogP contribution is -2.11. The normalized spacial score (nSPS) is 15.5. The molecule has 0 aliphatic heterocycles. The van der Waals surface area contributed by atoms with Crippen molar-refractivity contribution >= 4 is 6.08 Å². The van der Waals surface area contributed by atoms with Crippen LogP contribution in [0.3, 0.4) is 0 Å². The van der Waals surface area contributed by atoms with Gasteiger partial charge in [0.05, 0.1) is 20.8 Å². The lowest BCUT2D eigenvalue weighted by molar-refractivity contribution is 0.179. The SMILES string of the molecule is COCc1c(OC)ccc(OC)c1C1(N=C=O)CC1. The number of aliphatic imine (C=N–C) groups is 1. The van der Waals surface area contributed by atoms with E-state index in [0.29, 0.717) is 18.1 Å². The summed E-state index contributed by atoms with van der Waals surface area (Å²) in [6.07, 6.45) is 3.28. The zero-order valence-corrected chi connectivity index (χ0v) is 11.4. The van der Waals surface area contributed by atoms with E-state index >= 15 is 0 Å². The van der Waals surface area contributed by atoms with Crippen molar-refractivity contribution in [1.29, 1.82) is 0 Å². The highest BCUT2D eigenvalue weighted by Crippen LogP contribution is 2.54. The van der Waals surface area contributed by atoms with E-state index in [4.69, 9.17) is 14.2 Å². The van der Waals surface area contributed by atoms with E-state index in [-0.39, 0.29) is 0 Å². The first-order valence-corrected chi connectivity index (χ1v) is 6.04. The molecule has 0 saturated heterocycles. The van der Waals surface area contributed by atoms with E-state index in [1.807, 2.05) is 12.1 Å². The van der Waals surface area contributed by atoms with Crippen molar-refractivity contribution in [2.75, 3.05) is 21.3 Å². The third-order valence-corrected chi connectivity index (χ3v) is 3.41. The molecule has 0 unspecified atom stereocenters. The van der Waals surface area contributed by atoms with Gasteiger partial charge in [0, 0.05) is 18.2 Å². The predicted molar refractivity (Wildman–Crippen MR) is 69.3 cm³/mol. The highest BCUT2D eigenvalue weighted by atomic mass is 16.5. The molecule has 1 aromatic carbocycles. The van der Waals surface area contributed by atoms with E-state index in [1.54, 1.807) is 27.4 Å². The van der Waals surface area contributed by atoms with Gasteiger partial charge in [-0.2, -0.15) is 4.99 Å². The standard InChI is InChI=1S/C14H17NO4/c1-17-8-10-11(18-2)4-5-12(19-3)13(10)14(6-7-14)15-9-16/h4-5H,6-8H2,1-3H3. The summed E-state index contributed by atoms with van der Waals surface area (Å²) in [5.41, 5.74) is 1.23. The lowest BCUT2D eigenvalue weighted by atomic mass is 9.96. The fourth-order valence-corrected chi connectivity index (χ4v) is 2.39. The van der Waals surface area contributed by atoms with Crippen LogP contribution in [0.4, 0.5) is 0 Å². The van der Waals surface area contributed by atoms with Crippen molar-refractivity contribution in [2.45, 2.75) is 25.0 Å². The summed E-state index contributed by atoms with van der Waals surface area (Å²) in [6, 6.07) is 3.66. The maximum absolute atomic E-state index is 10.7. The van der Waals surface area contributed by atoms with Crippen LogP contribution < -0.4 is 9.47 Å². The maximum atomic E-state index is 10.7. The van der Waals surface area contributed by atoms with Crippen LogP contribution in [0.1, 0.15) is 24.0 Å². The Balaban J connectivity index is 2.63. The molecule has 0 spiro atoms. The summed E-state index contributed by atoms with van der Waals surface area (Å²) >= 11 is 0. The summed E-state index contributed by atoms with van der Waals surface area (Å²) in [5, 5.41) is 0. The fourth-order valence-electron chi connectivity index (χ4n) is 2.39. The molecule has 5 nitrogen and oxygen atoms in total.